The van der Waals surface area contributed by atoms with E-state index in [2.05, 4.69) is 0 Å². The summed E-state index contributed by atoms with van der Waals surface area (Å²) in [6.45, 7) is 0. The van der Waals surface area contributed by atoms with Crippen molar-refractivity contribution in [2.45, 2.75) is 18.5 Å². The molecule has 5 rings (SSSR count). The molecule has 0 spiro atoms. The molecule has 2 aliphatic heterocycles. The van der Waals surface area contributed by atoms with Crippen LogP contribution in [0.3, 0.4) is 0 Å². The molecule has 3 aromatic rings. The van der Waals surface area contributed by atoms with E-state index >= 15 is 0 Å². The molecular formula is C21H16FNO5S. The van der Waals surface area contributed by atoms with Crippen molar-refractivity contribution in [3.63, 3.8) is 0 Å². The van der Waals surface area contributed by atoms with E-state index in [1.807, 2.05) is 0 Å². The Morgan fingerprint density at radius 1 is 1.03 bits per heavy atom. The molecule has 1 fully saturated rings. The highest BCUT2D eigenvalue weighted by Gasteiger charge is 2.49. The second-order valence-corrected chi connectivity index (χ2v) is 9.59. The first-order valence-electron chi connectivity index (χ1n) is 9.20. The van der Waals surface area contributed by atoms with E-state index in [1.165, 1.54) is 23.1 Å². The molecule has 1 amide bonds. The summed E-state index contributed by atoms with van der Waals surface area (Å²) in [5.74, 6) is -1.57. The molecule has 0 unspecified atom stereocenters. The highest BCUT2D eigenvalue weighted by atomic mass is 32.2. The quantitative estimate of drug-likeness (QED) is 0.645. The first kappa shape index (κ1) is 18.1. The van der Waals surface area contributed by atoms with Crippen LogP contribution in [-0.4, -0.2) is 36.8 Å². The number of nitrogens with zero attached hydrogens (tertiary/aromatic N) is 1. The molecule has 0 saturated carbocycles. The van der Waals surface area contributed by atoms with Crippen molar-refractivity contribution < 1.29 is 22.0 Å². The Balaban J connectivity index is 1.79. The number of carbonyl (C=O) groups excluding carboxylic acids is 1. The van der Waals surface area contributed by atoms with Gasteiger partial charge in [0.05, 0.1) is 28.5 Å². The van der Waals surface area contributed by atoms with Crippen molar-refractivity contribution in [3.05, 3.63) is 81.5 Å². The van der Waals surface area contributed by atoms with Gasteiger partial charge in [0.25, 0.3) is 5.91 Å². The van der Waals surface area contributed by atoms with Gasteiger partial charge in [-0.3, -0.25) is 9.59 Å². The Hall–Kier alpha value is -3.00. The molecule has 0 radical (unpaired) electrons. The number of para-hydroxylation sites is 1. The summed E-state index contributed by atoms with van der Waals surface area (Å²) >= 11 is 0. The minimum atomic E-state index is -3.30. The summed E-state index contributed by atoms with van der Waals surface area (Å²) in [5.41, 5.74) is 0.0548. The van der Waals surface area contributed by atoms with Gasteiger partial charge >= 0.3 is 0 Å². The number of hydrogen-bond acceptors (Lipinski definition) is 5. The smallest absolute Gasteiger partial charge is 0.291 e. The van der Waals surface area contributed by atoms with Gasteiger partial charge in [-0.15, -0.1) is 0 Å². The van der Waals surface area contributed by atoms with Gasteiger partial charge in [0.1, 0.15) is 11.4 Å². The molecule has 2 aliphatic rings. The van der Waals surface area contributed by atoms with E-state index in [4.69, 9.17) is 4.42 Å². The highest BCUT2D eigenvalue weighted by molar-refractivity contribution is 7.91. The lowest BCUT2D eigenvalue weighted by atomic mass is 9.97. The summed E-state index contributed by atoms with van der Waals surface area (Å²) < 4.78 is 44.6. The van der Waals surface area contributed by atoms with E-state index in [-0.39, 0.29) is 40.4 Å². The number of benzene rings is 2. The number of halogens is 1. The second kappa shape index (κ2) is 6.25. The maximum absolute atomic E-state index is 14.7. The predicted octanol–water partition coefficient (Wildman–Crippen LogP) is 2.66. The van der Waals surface area contributed by atoms with E-state index in [1.54, 1.807) is 30.3 Å². The van der Waals surface area contributed by atoms with Gasteiger partial charge < -0.3 is 9.32 Å². The second-order valence-electron chi connectivity index (χ2n) is 7.36. The fourth-order valence-electron chi connectivity index (χ4n) is 4.31. The summed E-state index contributed by atoms with van der Waals surface area (Å²) in [5, 5.41) is 0.293. The van der Waals surface area contributed by atoms with Crippen LogP contribution < -0.4 is 5.43 Å². The van der Waals surface area contributed by atoms with Crippen LogP contribution in [0.1, 0.15) is 34.1 Å². The summed E-state index contributed by atoms with van der Waals surface area (Å²) in [4.78, 5) is 27.8. The standard InChI is InChI=1S/C21H16FNO5S/c22-15-7-3-1-5-13(15)18-17-19(24)14-6-2-4-8-16(14)28-20(17)21(25)23(18)12-9-10-29(26,27)11-12/h1-8,12,18H,9-11H2/t12-,18+/m0/s1. The van der Waals surface area contributed by atoms with Gasteiger partial charge in [-0.2, -0.15) is 0 Å². The van der Waals surface area contributed by atoms with Gasteiger partial charge in [-0.1, -0.05) is 30.3 Å². The van der Waals surface area contributed by atoms with Crippen molar-refractivity contribution in [2.75, 3.05) is 11.5 Å². The third-order valence-corrected chi connectivity index (χ3v) is 7.37. The molecule has 6 nitrogen and oxygen atoms in total. The number of sulfone groups is 1. The molecule has 0 bridgehead atoms. The predicted molar refractivity (Wildman–Crippen MR) is 104 cm³/mol. The zero-order chi connectivity index (χ0) is 20.3. The number of fused-ring (bicyclic) bond motifs is 2. The monoisotopic (exact) mass is 413 g/mol. The summed E-state index contributed by atoms with van der Waals surface area (Å²) in [7, 11) is -3.30. The van der Waals surface area contributed by atoms with Crippen molar-refractivity contribution in [3.8, 4) is 0 Å². The van der Waals surface area contributed by atoms with Crippen LogP contribution in [0.4, 0.5) is 4.39 Å². The molecule has 148 valence electrons. The molecule has 2 aromatic carbocycles. The van der Waals surface area contributed by atoms with Crippen molar-refractivity contribution in [1.82, 2.24) is 4.90 Å². The Labute approximate surface area is 165 Å². The molecular weight excluding hydrogens is 397 g/mol. The molecule has 1 aromatic heterocycles. The molecule has 29 heavy (non-hydrogen) atoms. The van der Waals surface area contributed by atoms with Gasteiger partial charge in [-0.05, 0) is 24.6 Å². The van der Waals surface area contributed by atoms with E-state index in [9.17, 15) is 22.4 Å². The third-order valence-electron chi connectivity index (χ3n) is 5.61. The van der Waals surface area contributed by atoms with Gasteiger partial charge in [0, 0.05) is 11.6 Å². The first-order chi connectivity index (χ1) is 13.9. The number of amides is 1. The molecule has 1 saturated heterocycles. The van der Waals surface area contributed by atoms with Gasteiger partial charge in [-0.25, -0.2) is 12.8 Å². The molecule has 0 aliphatic carbocycles. The molecule has 2 atom stereocenters. The maximum Gasteiger partial charge on any atom is 0.291 e. The minimum Gasteiger partial charge on any atom is -0.450 e. The SMILES string of the molecule is O=C1c2oc3ccccc3c(=O)c2[C@@H](c2ccccc2F)N1[C@H]1CCS(=O)(=O)C1. The number of rotatable bonds is 2. The van der Waals surface area contributed by atoms with Crippen LogP contribution in [-0.2, 0) is 9.84 Å². The van der Waals surface area contributed by atoms with Crippen molar-refractivity contribution in [1.29, 1.82) is 0 Å². The van der Waals surface area contributed by atoms with Crippen LogP contribution in [0.25, 0.3) is 11.0 Å². The van der Waals surface area contributed by atoms with Crippen LogP contribution in [0.15, 0.2) is 57.7 Å². The highest BCUT2D eigenvalue weighted by Crippen LogP contribution is 2.42. The molecule has 8 heteroatoms. The zero-order valence-electron chi connectivity index (χ0n) is 15.2. The Morgan fingerprint density at radius 3 is 2.48 bits per heavy atom. The molecule has 3 heterocycles. The number of hydrogen-bond donors (Lipinski definition) is 0. The lowest BCUT2D eigenvalue weighted by Crippen LogP contribution is -2.40. The zero-order valence-corrected chi connectivity index (χ0v) is 16.0. The van der Waals surface area contributed by atoms with Gasteiger partial charge in [0.2, 0.25) is 5.76 Å². The fraction of sp³-hybridized carbons (Fsp3) is 0.238. The summed E-state index contributed by atoms with van der Waals surface area (Å²) in [6.07, 6.45) is 0.237. The van der Waals surface area contributed by atoms with Crippen LogP contribution in [0, 0.1) is 5.82 Å². The fourth-order valence-corrected chi connectivity index (χ4v) is 6.02. The lowest BCUT2D eigenvalue weighted by Gasteiger charge is -2.30. The Morgan fingerprint density at radius 2 is 1.76 bits per heavy atom. The maximum atomic E-state index is 14.7. The van der Waals surface area contributed by atoms with Crippen LogP contribution >= 0.6 is 0 Å². The normalized spacial score (nSPS) is 22.9. The largest absolute Gasteiger partial charge is 0.450 e. The Kier molecular flexibility index (Phi) is 3.89. The first-order valence-corrected chi connectivity index (χ1v) is 11.0. The van der Waals surface area contributed by atoms with Gasteiger partial charge in [0.15, 0.2) is 15.3 Å². The van der Waals surface area contributed by atoms with E-state index in [0.29, 0.717) is 5.39 Å². The van der Waals surface area contributed by atoms with Crippen molar-refractivity contribution in [2.24, 2.45) is 0 Å². The number of carbonyl (C=O) groups is 1. The van der Waals surface area contributed by atoms with Crippen molar-refractivity contribution >= 4 is 26.7 Å². The summed E-state index contributed by atoms with van der Waals surface area (Å²) in [6, 6.07) is 10.8. The minimum absolute atomic E-state index is 0.0505. The third kappa shape index (κ3) is 2.70. The topological polar surface area (TPSA) is 84.7 Å². The van der Waals surface area contributed by atoms with E-state index < -0.39 is 39.1 Å². The van der Waals surface area contributed by atoms with E-state index in [0.717, 1.165) is 0 Å². The lowest BCUT2D eigenvalue weighted by molar-refractivity contribution is 0.0660. The average molecular weight is 413 g/mol. The Bertz CT molecular complexity index is 1330. The van der Waals surface area contributed by atoms with Crippen LogP contribution in [0.5, 0.6) is 0 Å². The average Bonchev–Trinajstić information content (AvgIpc) is 3.19. The van der Waals surface area contributed by atoms with Crippen LogP contribution in [0.2, 0.25) is 0 Å². The molecule has 0 N–H and O–H groups in total.